The summed E-state index contributed by atoms with van der Waals surface area (Å²) < 4.78 is 30.3. The fourth-order valence-corrected chi connectivity index (χ4v) is 7.84. The summed E-state index contributed by atoms with van der Waals surface area (Å²) in [7, 11) is -3.60. The van der Waals surface area contributed by atoms with Gasteiger partial charge in [-0.3, -0.25) is 4.98 Å². The predicted molar refractivity (Wildman–Crippen MR) is 119 cm³/mol. The number of aryl methyl sites for hydroxylation is 1. The molecular weight excluding hydrogens is 424 g/mol. The van der Waals surface area contributed by atoms with E-state index in [9.17, 15) is 13.5 Å². The zero-order valence-electron chi connectivity index (χ0n) is 17.9. The Balaban J connectivity index is 1.29. The molecule has 3 aliphatic rings. The van der Waals surface area contributed by atoms with Crippen LogP contribution in [0.1, 0.15) is 36.4 Å². The number of imidazole rings is 1. The van der Waals surface area contributed by atoms with Gasteiger partial charge in [0.15, 0.2) is 0 Å². The van der Waals surface area contributed by atoms with Crippen LogP contribution in [-0.4, -0.2) is 51.6 Å². The summed E-state index contributed by atoms with van der Waals surface area (Å²) in [4.78, 5) is 8.67. The molecule has 3 unspecified atom stereocenters. The lowest BCUT2D eigenvalue weighted by Gasteiger charge is -2.59. The first kappa shape index (κ1) is 20.1. The first-order chi connectivity index (χ1) is 15.4. The van der Waals surface area contributed by atoms with Crippen LogP contribution < -0.4 is 0 Å². The van der Waals surface area contributed by atoms with Crippen molar-refractivity contribution in [2.45, 2.75) is 43.2 Å². The maximum absolute atomic E-state index is 13.2. The first-order valence-corrected chi connectivity index (χ1v) is 12.6. The Morgan fingerprint density at radius 1 is 1.09 bits per heavy atom. The summed E-state index contributed by atoms with van der Waals surface area (Å²) in [5.41, 5.74) is 4.03. The molecule has 2 aliphatic heterocycles. The average Bonchev–Trinajstić information content (AvgIpc) is 3.39. The second-order valence-corrected chi connectivity index (χ2v) is 11.3. The molecular formula is C24H26N4O3S. The van der Waals surface area contributed by atoms with Gasteiger partial charge in [-0.1, -0.05) is 24.3 Å². The number of piperidine rings is 1. The van der Waals surface area contributed by atoms with Gasteiger partial charge < -0.3 is 9.67 Å². The molecule has 7 nitrogen and oxygen atoms in total. The van der Waals surface area contributed by atoms with Gasteiger partial charge >= 0.3 is 0 Å². The van der Waals surface area contributed by atoms with Crippen LogP contribution in [0.4, 0.5) is 0 Å². The van der Waals surface area contributed by atoms with E-state index in [4.69, 9.17) is 0 Å². The summed E-state index contributed by atoms with van der Waals surface area (Å²) in [5.74, 6) is 0.249. The minimum absolute atomic E-state index is 0.135. The number of sulfonamides is 1. The van der Waals surface area contributed by atoms with Crippen LogP contribution in [0.3, 0.4) is 0 Å². The van der Waals surface area contributed by atoms with E-state index >= 15 is 0 Å². The summed E-state index contributed by atoms with van der Waals surface area (Å²) in [6, 6.07) is 10.3. The number of rotatable bonds is 3. The highest BCUT2D eigenvalue weighted by Crippen LogP contribution is 2.61. The number of aliphatic hydroxyl groups excluding tert-OH is 1. The van der Waals surface area contributed by atoms with Crippen LogP contribution >= 0.6 is 0 Å². The van der Waals surface area contributed by atoms with Crippen molar-refractivity contribution in [1.82, 2.24) is 18.8 Å². The molecule has 1 spiro atoms. The molecule has 6 rings (SSSR count). The van der Waals surface area contributed by atoms with Crippen LogP contribution in [0, 0.1) is 18.3 Å². The van der Waals surface area contributed by atoms with Gasteiger partial charge in [-0.2, -0.15) is 4.31 Å². The van der Waals surface area contributed by atoms with Crippen molar-refractivity contribution >= 4 is 10.0 Å². The third kappa shape index (κ3) is 2.63. The van der Waals surface area contributed by atoms with Gasteiger partial charge in [-0.15, -0.1) is 0 Å². The van der Waals surface area contributed by atoms with E-state index in [1.165, 1.54) is 17.3 Å². The molecule has 166 valence electrons. The Labute approximate surface area is 187 Å². The molecule has 0 bridgehead atoms. The Morgan fingerprint density at radius 3 is 2.62 bits per heavy atom. The molecule has 2 fully saturated rings. The third-order valence-electron chi connectivity index (χ3n) is 8.04. The van der Waals surface area contributed by atoms with E-state index in [1.807, 2.05) is 18.6 Å². The largest absolute Gasteiger partial charge is 0.393 e. The number of benzene rings is 1. The van der Waals surface area contributed by atoms with Gasteiger partial charge in [0.2, 0.25) is 10.0 Å². The van der Waals surface area contributed by atoms with Gasteiger partial charge in [0, 0.05) is 36.5 Å². The summed E-state index contributed by atoms with van der Waals surface area (Å²) >= 11 is 0. The number of hydrogen-bond acceptors (Lipinski definition) is 5. The molecule has 32 heavy (non-hydrogen) atoms. The number of hydrogen-bond donors (Lipinski definition) is 1. The zero-order valence-corrected chi connectivity index (χ0v) is 18.7. The number of aromatic nitrogens is 3. The van der Waals surface area contributed by atoms with E-state index in [-0.39, 0.29) is 22.3 Å². The smallest absolute Gasteiger partial charge is 0.244 e. The predicted octanol–water partition coefficient (Wildman–Crippen LogP) is 3.01. The van der Waals surface area contributed by atoms with Gasteiger partial charge in [0.05, 0.1) is 30.4 Å². The second kappa shape index (κ2) is 6.97. The highest BCUT2D eigenvalue weighted by Gasteiger charge is 2.60. The van der Waals surface area contributed by atoms with Crippen LogP contribution in [0.5, 0.6) is 0 Å². The maximum Gasteiger partial charge on any atom is 0.244 e. The quantitative estimate of drug-likeness (QED) is 0.663. The fourth-order valence-electron chi connectivity index (χ4n) is 6.23. The number of pyridine rings is 1. The van der Waals surface area contributed by atoms with Crippen molar-refractivity contribution in [2.24, 2.45) is 11.3 Å². The number of aliphatic hydroxyl groups is 1. The molecule has 4 heterocycles. The normalized spacial score (nSPS) is 26.5. The van der Waals surface area contributed by atoms with Crippen LogP contribution in [-0.2, 0) is 10.0 Å². The Bertz CT molecular complexity index is 1290. The molecule has 8 heteroatoms. The van der Waals surface area contributed by atoms with Crippen molar-refractivity contribution < 1.29 is 13.5 Å². The van der Waals surface area contributed by atoms with Crippen LogP contribution in [0.25, 0.3) is 11.3 Å². The lowest BCUT2D eigenvalue weighted by atomic mass is 9.51. The molecule has 1 saturated carbocycles. The van der Waals surface area contributed by atoms with E-state index in [0.717, 1.165) is 12.1 Å². The fraction of sp³-hybridized carbons (Fsp3) is 0.417. The topological polar surface area (TPSA) is 88.3 Å². The molecule has 1 aromatic carbocycles. The van der Waals surface area contributed by atoms with E-state index in [2.05, 4.69) is 32.7 Å². The molecule has 2 aromatic heterocycles. The summed E-state index contributed by atoms with van der Waals surface area (Å²) in [6.45, 7) is 2.62. The van der Waals surface area contributed by atoms with Crippen molar-refractivity contribution in [2.75, 3.05) is 13.1 Å². The SMILES string of the molecule is Cc1ccncc1S(=O)(=O)N1CCC2(CC1)C(O)CC2C1c2ccccc2-c2cncn21. The highest BCUT2D eigenvalue weighted by molar-refractivity contribution is 7.89. The standard InChI is InChI=1S/C24H26N4O3S/c1-16-6-9-25-14-21(16)32(30,31)27-10-7-24(8-11-27)19(12-22(24)29)23-18-5-3-2-4-17(18)20-13-26-15-28(20)23/h2-6,9,13-15,19,22-23,29H,7-8,10-12H2,1H3. The minimum atomic E-state index is -3.60. The number of fused-ring (bicyclic) bond motifs is 3. The van der Waals surface area contributed by atoms with Gasteiger partial charge in [-0.05, 0) is 49.3 Å². The summed E-state index contributed by atoms with van der Waals surface area (Å²) in [6.07, 6.45) is 8.47. The maximum atomic E-state index is 13.2. The van der Waals surface area contributed by atoms with Crippen LogP contribution in [0.15, 0.2) is 60.1 Å². The lowest BCUT2D eigenvalue weighted by Crippen LogP contribution is -2.60. The molecule has 1 aliphatic carbocycles. The second-order valence-electron chi connectivity index (χ2n) is 9.35. The third-order valence-corrected chi connectivity index (χ3v) is 10.1. The molecule has 0 amide bonds. The molecule has 3 atom stereocenters. The van der Waals surface area contributed by atoms with E-state index in [0.29, 0.717) is 31.5 Å². The Hall–Kier alpha value is -2.55. The zero-order chi connectivity index (χ0) is 22.1. The average molecular weight is 451 g/mol. The van der Waals surface area contributed by atoms with E-state index in [1.54, 1.807) is 23.5 Å². The van der Waals surface area contributed by atoms with Crippen molar-refractivity contribution in [3.63, 3.8) is 0 Å². The van der Waals surface area contributed by atoms with Crippen LogP contribution in [0.2, 0.25) is 0 Å². The van der Waals surface area contributed by atoms with E-state index < -0.39 is 16.1 Å². The summed E-state index contributed by atoms with van der Waals surface area (Å²) in [5, 5.41) is 10.9. The van der Waals surface area contributed by atoms with Crippen molar-refractivity contribution in [1.29, 1.82) is 0 Å². The highest BCUT2D eigenvalue weighted by atomic mass is 32.2. The molecule has 1 N–H and O–H groups in total. The lowest BCUT2D eigenvalue weighted by molar-refractivity contribution is -0.157. The molecule has 0 radical (unpaired) electrons. The van der Waals surface area contributed by atoms with Gasteiger partial charge in [0.1, 0.15) is 4.90 Å². The molecule has 1 saturated heterocycles. The Morgan fingerprint density at radius 2 is 1.88 bits per heavy atom. The monoisotopic (exact) mass is 450 g/mol. The molecule has 3 aromatic rings. The number of nitrogens with zero attached hydrogens (tertiary/aromatic N) is 4. The van der Waals surface area contributed by atoms with Crippen molar-refractivity contribution in [3.05, 3.63) is 66.4 Å². The minimum Gasteiger partial charge on any atom is -0.393 e. The Kier molecular flexibility index (Phi) is 4.38. The first-order valence-electron chi connectivity index (χ1n) is 11.1. The van der Waals surface area contributed by atoms with Gasteiger partial charge in [0.25, 0.3) is 0 Å². The van der Waals surface area contributed by atoms with Gasteiger partial charge in [-0.25, -0.2) is 13.4 Å². The van der Waals surface area contributed by atoms with Crippen molar-refractivity contribution in [3.8, 4) is 11.3 Å².